The number of esters is 2. The first-order chi connectivity index (χ1) is 14.5. The first kappa shape index (κ1) is 21.3. The third-order valence-electron chi connectivity index (χ3n) is 4.93. The Morgan fingerprint density at radius 3 is 1.73 bits per heavy atom. The first-order valence-corrected chi connectivity index (χ1v) is 10.2. The van der Waals surface area contributed by atoms with E-state index in [0.717, 1.165) is 23.1 Å². The normalized spacial score (nSPS) is 10.5. The Kier molecular flexibility index (Phi) is 7.02. The van der Waals surface area contributed by atoms with Gasteiger partial charge in [-0.3, -0.25) is 0 Å². The van der Waals surface area contributed by atoms with Crippen LogP contribution < -0.4 is 9.47 Å². The summed E-state index contributed by atoms with van der Waals surface area (Å²) >= 11 is 0. The molecular formula is C26H26O4. The Bertz CT molecular complexity index is 1020. The molecule has 0 bridgehead atoms. The van der Waals surface area contributed by atoms with Gasteiger partial charge in [0.1, 0.15) is 0 Å². The Hall–Kier alpha value is -3.40. The van der Waals surface area contributed by atoms with Crippen molar-refractivity contribution in [1.29, 1.82) is 0 Å². The third kappa shape index (κ3) is 4.77. The lowest BCUT2D eigenvalue weighted by Gasteiger charge is -2.20. The molecule has 4 nitrogen and oxygen atoms in total. The van der Waals surface area contributed by atoms with Crippen molar-refractivity contribution < 1.29 is 19.1 Å². The molecule has 0 heterocycles. The van der Waals surface area contributed by atoms with E-state index in [1.54, 1.807) is 48.5 Å². The minimum Gasteiger partial charge on any atom is -0.419 e. The zero-order valence-electron chi connectivity index (χ0n) is 17.6. The van der Waals surface area contributed by atoms with Gasteiger partial charge in [0, 0.05) is 5.56 Å². The maximum Gasteiger partial charge on any atom is 0.343 e. The van der Waals surface area contributed by atoms with Crippen molar-refractivity contribution in [3.8, 4) is 11.5 Å². The fourth-order valence-electron chi connectivity index (χ4n) is 3.37. The summed E-state index contributed by atoms with van der Waals surface area (Å²) in [7, 11) is 0. The van der Waals surface area contributed by atoms with E-state index in [1.807, 2.05) is 32.0 Å². The van der Waals surface area contributed by atoms with E-state index < -0.39 is 11.9 Å². The summed E-state index contributed by atoms with van der Waals surface area (Å²) in [5.74, 6) is -0.289. The van der Waals surface area contributed by atoms with Gasteiger partial charge in [-0.05, 0) is 55.2 Å². The average molecular weight is 402 g/mol. The average Bonchev–Trinajstić information content (AvgIpc) is 2.78. The maximum atomic E-state index is 12.8. The number of rotatable bonds is 7. The van der Waals surface area contributed by atoms with Crippen molar-refractivity contribution in [1.82, 2.24) is 0 Å². The Morgan fingerprint density at radius 1 is 0.767 bits per heavy atom. The van der Waals surface area contributed by atoms with Crippen LogP contribution in [-0.4, -0.2) is 11.9 Å². The van der Waals surface area contributed by atoms with Gasteiger partial charge in [0.25, 0.3) is 0 Å². The summed E-state index contributed by atoms with van der Waals surface area (Å²) in [6.45, 7) is 6.04. The molecule has 154 valence electrons. The fraction of sp³-hybridized carbons (Fsp3) is 0.231. The molecule has 3 aromatic carbocycles. The predicted molar refractivity (Wildman–Crippen MR) is 117 cm³/mol. The van der Waals surface area contributed by atoms with Gasteiger partial charge >= 0.3 is 11.9 Å². The van der Waals surface area contributed by atoms with Crippen LogP contribution in [0.15, 0.2) is 66.7 Å². The first-order valence-electron chi connectivity index (χ1n) is 10.2. The van der Waals surface area contributed by atoms with E-state index in [2.05, 4.69) is 6.92 Å². The summed E-state index contributed by atoms with van der Waals surface area (Å²) in [4.78, 5) is 25.6. The minimum absolute atomic E-state index is 0.324. The quantitative estimate of drug-likeness (QED) is 0.362. The summed E-state index contributed by atoms with van der Waals surface area (Å²) in [5, 5.41) is 0. The van der Waals surface area contributed by atoms with Crippen LogP contribution in [0.5, 0.6) is 11.5 Å². The SMILES string of the molecule is CCCc1c(C)cc(CC)c(OC(=O)c2ccccc2)c1OC(=O)c1ccccc1. The molecule has 0 N–H and O–H groups in total. The molecule has 4 heteroatoms. The second kappa shape index (κ2) is 9.88. The minimum atomic E-state index is -0.478. The molecule has 0 unspecified atom stereocenters. The number of carbonyl (C=O) groups is 2. The van der Waals surface area contributed by atoms with Gasteiger partial charge in [-0.15, -0.1) is 0 Å². The number of ether oxygens (including phenoxy) is 2. The highest BCUT2D eigenvalue weighted by molar-refractivity contribution is 5.93. The van der Waals surface area contributed by atoms with E-state index >= 15 is 0 Å². The molecule has 0 fully saturated rings. The molecule has 0 aliphatic heterocycles. The highest BCUT2D eigenvalue weighted by Crippen LogP contribution is 2.39. The molecule has 0 aromatic heterocycles. The summed E-state index contributed by atoms with van der Waals surface area (Å²) in [6.07, 6.45) is 2.22. The zero-order chi connectivity index (χ0) is 21.5. The van der Waals surface area contributed by atoms with Crippen molar-refractivity contribution in [3.05, 3.63) is 94.5 Å². The van der Waals surface area contributed by atoms with Crippen molar-refractivity contribution in [2.24, 2.45) is 0 Å². The molecule has 0 spiro atoms. The van der Waals surface area contributed by atoms with Crippen LogP contribution in [0.1, 0.15) is 57.7 Å². The molecule has 3 rings (SSSR count). The lowest BCUT2D eigenvalue weighted by molar-refractivity contribution is 0.0679. The Balaban J connectivity index is 2.07. The van der Waals surface area contributed by atoms with Gasteiger partial charge in [-0.25, -0.2) is 9.59 Å². The number of hydrogen-bond acceptors (Lipinski definition) is 4. The molecular weight excluding hydrogens is 376 g/mol. The van der Waals surface area contributed by atoms with Gasteiger partial charge in [-0.2, -0.15) is 0 Å². The highest BCUT2D eigenvalue weighted by atomic mass is 16.6. The van der Waals surface area contributed by atoms with Crippen molar-refractivity contribution >= 4 is 11.9 Å². The predicted octanol–water partition coefficient (Wildman–Crippen LogP) is 5.95. The number of hydrogen-bond donors (Lipinski definition) is 0. The van der Waals surface area contributed by atoms with E-state index in [0.29, 0.717) is 35.5 Å². The van der Waals surface area contributed by atoms with E-state index in [9.17, 15) is 9.59 Å². The van der Waals surface area contributed by atoms with Crippen LogP contribution in [0.3, 0.4) is 0 Å². The van der Waals surface area contributed by atoms with Crippen molar-refractivity contribution in [3.63, 3.8) is 0 Å². The molecule has 0 amide bonds. The third-order valence-corrected chi connectivity index (χ3v) is 4.93. The molecule has 0 radical (unpaired) electrons. The van der Waals surface area contributed by atoms with Crippen LogP contribution >= 0.6 is 0 Å². The zero-order valence-corrected chi connectivity index (χ0v) is 17.6. The standard InChI is InChI=1S/C26H26O4/c1-4-12-22-18(3)17-19(5-2)23(29-25(27)20-13-8-6-9-14-20)24(22)30-26(28)21-15-10-7-11-16-21/h6-11,13-17H,4-5,12H2,1-3H3. The van der Waals surface area contributed by atoms with Crippen LogP contribution in [0.4, 0.5) is 0 Å². The summed E-state index contributed by atoms with van der Waals surface area (Å²) in [6, 6.07) is 19.6. The molecule has 0 saturated heterocycles. The molecule has 0 aliphatic rings. The molecule has 0 saturated carbocycles. The summed E-state index contributed by atoms with van der Waals surface area (Å²) in [5.41, 5.74) is 3.61. The van der Waals surface area contributed by atoms with E-state index in [4.69, 9.17) is 9.47 Å². The Labute approximate surface area is 177 Å². The van der Waals surface area contributed by atoms with Crippen LogP contribution in [-0.2, 0) is 12.8 Å². The van der Waals surface area contributed by atoms with Crippen molar-refractivity contribution in [2.75, 3.05) is 0 Å². The van der Waals surface area contributed by atoms with Gasteiger partial charge in [0.2, 0.25) is 0 Å². The topological polar surface area (TPSA) is 52.6 Å². The van der Waals surface area contributed by atoms with Crippen molar-refractivity contribution in [2.45, 2.75) is 40.0 Å². The number of carbonyl (C=O) groups excluding carboxylic acids is 2. The lowest BCUT2D eigenvalue weighted by Crippen LogP contribution is -2.16. The fourth-order valence-corrected chi connectivity index (χ4v) is 3.37. The van der Waals surface area contributed by atoms with Gasteiger partial charge in [0.15, 0.2) is 11.5 Å². The molecule has 0 aliphatic carbocycles. The van der Waals surface area contributed by atoms with Crippen LogP contribution in [0.2, 0.25) is 0 Å². The monoisotopic (exact) mass is 402 g/mol. The summed E-state index contributed by atoms with van der Waals surface area (Å²) < 4.78 is 11.7. The smallest absolute Gasteiger partial charge is 0.343 e. The largest absolute Gasteiger partial charge is 0.419 e. The second-order valence-electron chi connectivity index (χ2n) is 7.10. The van der Waals surface area contributed by atoms with Crippen LogP contribution in [0.25, 0.3) is 0 Å². The van der Waals surface area contributed by atoms with E-state index in [-0.39, 0.29) is 0 Å². The van der Waals surface area contributed by atoms with Gasteiger partial charge in [-0.1, -0.05) is 62.7 Å². The van der Waals surface area contributed by atoms with Gasteiger partial charge < -0.3 is 9.47 Å². The maximum absolute atomic E-state index is 12.8. The van der Waals surface area contributed by atoms with Crippen LogP contribution in [0, 0.1) is 6.92 Å². The lowest BCUT2D eigenvalue weighted by atomic mass is 9.97. The molecule has 30 heavy (non-hydrogen) atoms. The molecule has 3 aromatic rings. The Morgan fingerprint density at radius 2 is 1.27 bits per heavy atom. The van der Waals surface area contributed by atoms with Gasteiger partial charge in [0.05, 0.1) is 11.1 Å². The molecule has 0 atom stereocenters. The van der Waals surface area contributed by atoms with E-state index in [1.165, 1.54) is 0 Å². The number of aryl methyl sites for hydroxylation is 2. The second-order valence-corrected chi connectivity index (χ2v) is 7.10. The number of benzene rings is 3. The highest BCUT2D eigenvalue weighted by Gasteiger charge is 2.24.